The van der Waals surface area contributed by atoms with Gasteiger partial charge in [-0.2, -0.15) is 5.26 Å². The fourth-order valence-electron chi connectivity index (χ4n) is 1.53. The minimum atomic E-state index is 0.598. The van der Waals surface area contributed by atoms with Crippen LogP contribution in [0, 0.1) is 11.3 Å². The third-order valence-corrected chi connectivity index (χ3v) is 3.06. The first-order chi connectivity index (χ1) is 9.22. The SMILES string of the molecule is CCOc1ccc(Nc2ccc(C#N)cc2Br)cn1. The average molecular weight is 318 g/mol. The van der Waals surface area contributed by atoms with Crippen molar-refractivity contribution < 1.29 is 4.74 Å². The molecule has 5 heteroatoms. The second-order valence-corrected chi connectivity index (χ2v) is 4.60. The van der Waals surface area contributed by atoms with Crippen LogP contribution in [-0.4, -0.2) is 11.6 Å². The molecule has 0 radical (unpaired) electrons. The quantitative estimate of drug-likeness (QED) is 0.930. The molecule has 0 fully saturated rings. The molecular weight excluding hydrogens is 306 g/mol. The van der Waals surface area contributed by atoms with E-state index in [9.17, 15) is 0 Å². The summed E-state index contributed by atoms with van der Waals surface area (Å²) in [7, 11) is 0. The van der Waals surface area contributed by atoms with Crippen molar-refractivity contribution in [2.45, 2.75) is 6.92 Å². The summed E-state index contributed by atoms with van der Waals surface area (Å²) in [5, 5.41) is 12.0. The Kier molecular flexibility index (Phi) is 4.37. The summed E-state index contributed by atoms with van der Waals surface area (Å²) in [6.07, 6.45) is 1.70. The minimum Gasteiger partial charge on any atom is -0.478 e. The van der Waals surface area contributed by atoms with E-state index < -0.39 is 0 Å². The molecule has 0 unspecified atom stereocenters. The van der Waals surface area contributed by atoms with E-state index in [2.05, 4.69) is 32.3 Å². The van der Waals surface area contributed by atoms with Crippen molar-refractivity contribution in [2.24, 2.45) is 0 Å². The molecule has 0 atom stereocenters. The molecule has 0 bridgehead atoms. The number of ether oxygens (including phenoxy) is 1. The molecule has 0 aliphatic rings. The molecule has 1 aromatic heterocycles. The minimum absolute atomic E-state index is 0.598. The molecule has 96 valence electrons. The predicted octanol–water partition coefficient (Wildman–Crippen LogP) is 3.86. The van der Waals surface area contributed by atoms with E-state index in [0.29, 0.717) is 18.1 Å². The smallest absolute Gasteiger partial charge is 0.213 e. The standard InChI is InChI=1S/C14H12BrN3O/c1-2-19-14-6-4-11(9-17-14)18-13-5-3-10(8-16)7-12(13)15/h3-7,9,18H,2H2,1H3. The molecule has 0 aliphatic carbocycles. The van der Waals surface area contributed by atoms with Gasteiger partial charge in [-0.05, 0) is 47.1 Å². The zero-order chi connectivity index (χ0) is 13.7. The van der Waals surface area contributed by atoms with Crippen LogP contribution >= 0.6 is 15.9 Å². The van der Waals surface area contributed by atoms with Crippen molar-refractivity contribution in [3.63, 3.8) is 0 Å². The van der Waals surface area contributed by atoms with Gasteiger partial charge in [-0.15, -0.1) is 0 Å². The number of aromatic nitrogens is 1. The molecule has 1 aromatic carbocycles. The first-order valence-electron chi connectivity index (χ1n) is 5.78. The summed E-state index contributed by atoms with van der Waals surface area (Å²) in [6, 6.07) is 11.2. The first-order valence-corrected chi connectivity index (χ1v) is 6.57. The molecule has 1 N–H and O–H groups in total. The second-order valence-electron chi connectivity index (χ2n) is 3.75. The van der Waals surface area contributed by atoms with Gasteiger partial charge in [-0.25, -0.2) is 4.98 Å². The van der Waals surface area contributed by atoms with Crippen molar-refractivity contribution in [2.75, 3.05) is 11.9 Å². The third-order valence-electron chi connectivity index (χ3n) is 2.41. The molecule has 2 rings (SSSR count). The second kappa shape index (κ2) is 6.21. The van der Waals surface area contributed by atoms with Gasteiger partial charge in [0.25, 0.3) is 0 Å². The Morgan fingerprint density at radius 2 is 2.21 bits per heavy atom. The van der Waals surface area contributed by atoms with Gasteiger partial charge in [0.1, 0.15) is 0 Å². The van der Waals surface area contributed by atoms with Crippen molar-refractivity contribution in [3.8, 4) is 11.9 Å². The van der Waals surface area contributed by atoms with Crippen molar-refractivity contribution >= 4 is 27.3 Å². The lowest BCUT2D eigenvalue weighted by atomic mass is 10.2. The largest absolute Gasteiger partial charge is 0.478 e. The highest BCUT2D eigenvalue weighted by atomic mass is 79.9. The maximum absolute atomic E-state index is 8.81. The Balaban J connectivity index is 2.15. The number of anilines is 2. The third kappa shape index (κ3) is 3.46. The van der Waals surface area contributed by atoms with Gasteiger partial charge < -0.3 is 10.1 Å². The Labute approximate surface area is 120 Å². The Bertz CT molecular complexity index is 605. The molecule has 19 heavy (non-hydrogen) atoms. The van der Waals surface area contributed by atoms with Gasteiger partial charge >= 0.3 is 0 Å². The van der Waals surface area contributed by atoms with Crippen LogP contribution < -0.4 is 10.1 Å². The number of nitriles is 1. The lowest BCUT2D eigenvalue weighted by Crippen LogP contribution is -1.96. The number of hydrogen-bond acceptors (Lipinski definition) is 4. The zero-order valence-corrected chi connectivity index (χ0v) is 11.9. The number of pyridine rings is 1. The highest BCUT2D eigenvalue weighted by molar-refractivity contribution is 9.10. The lowest BCUT2D eigenvalue weighted by molar-refractivity contribution is 0.327. The molecule has 0 saturated heterocycles. The molecule has 0 amide bonds. The summed E-state index contributed by atoms with van der Waals surface area (Å²) in [5.41, 5.74) is 2.35. The molecule has 0 saturated carbocycles. The molecule has 0 spiro atoms. The average Bonchev–Trinajstić information content (AvgIpc) is 2.43. The van der Waals surface area contributed by atoms with Crippen LogP contribution in [-0.2, 0) is 0 Å². The Morgan fingerprint density at radius 1 is 1.37 bits per heavy atom. The topological polar surface area (TPSA) is 57.9 Å². The van der Waals surface area contributed by atoms with E-state index in [1.165, 1.54) is 0 Å². The Hall–Kier alpha value is -2.06. The zero-order valence-electron chi connectivity index (χ0n) is 10.4. The maximum atomic E-state index is 8.81. The Morgan fingerprint density at radius 3 is 2.79 bits per heavy atom. The highest BCUT2D eigenvalue weighted by Gasteiger charge is 2.02. The van der Waals surface area contributed by atoms with Crippen molar-refractivity contribution in [3.05, 3.63) is 46.6 Å². The summed E-state index contributed by atoms with van der Waals surface area (Å²) in [4.78, 5) is 4.18. The highest BCUT2D eigenvalue weighted by Crippen LogP contribution is 2.26. The van der Waals surface area contributed by atoms with Crippen molar-refractivity contribution in [1.82, 2.24) is 4.98 Å². The summed E-state index contributed by atoms with van der Waals surface area (Å²) >= 11 is 3.43. The van der Waals surface area contributed by atoms with Crippen LogP contribution in [0.1, 0.15) is 12.5 Å². The fourth-order valence-corrected chi connectivity index (χ4v) is 2.01. The molecule has 0 aliphatic heterocycles. The number of nitrogens with one attached hydrogen (secondary N) is 1. The van der Waals surface area contributed by atoms with Gasteiger partial charge in [0.2, 0.25) is 5.88 Å². The van der Waals surface area contributed by atoms with E-state index in [1.54, 1.807) is 18.3 Å². The van der Waals surface area contributed by atoms with Crippen LogP contribution in [0.2, 0.25) is 0 Å². The van der Waals surface area contributed by atoms with Crippen LogP contribution in [0.15, 0.2) is 41.0 Å². The number of rotatable bonds is 4. The molecule has 4 nitrogen and oxygen atoms in total. The van der Waals surface area contributed by atoms with Gasteiger partial charge in [-0.3, -0.25) is 0 Å². The predicted molar refractivity (Wildman–Crippen MR) is 77.5 cm³/mol. The van der Waals surface area contributed by atoms with Crippen LogP contribution in [0.3, 0.4) is 0 Å². The lowest BCUT2D eigenvalue weighted by Gasteiger charge is -2.09. The van der Waals surface area contributed by atoms with E-state index in [-0.39, 0.29) is 0 Å². The number of nitrogens with zero attached hydrogens (tertiary/aromatic N) is 2. The van der Waals surface area contributed by atoms with Crippen molar-refractivity contribution in [1.29, 1.82) is 5.26 Å². The van der Waals surface area contributed by atoms with Gasteiger partial charge in [0, 0.05) is 10.5 Å². The normalized spacial score (nSPS) is 9.74. The van der Waals surface area contributed by atoms with Gasteiger partial charge in [0.05, 0.1) is 35.8 Å². The van der Waals surface area contributed by atoms with E-state index in [0.717, 1.165) is 15.8 Å². The molecule has 1 heterocycles. The van der Waals surface area contributed by atoms with E-state index in [1.807, 2.05) is 25.1 Å². The summed E-state index contributed by atoms with van der Waals surface area (Å²) < 4.78 is 6.11. The molecule has 2 aromatic rings. The van der Waals surface area contributed by atoms with E-state index in [4.69, 9.17) is 10.00 Å². The van der Waals surface area contributed by atoms with Gasteiger partial charge in [-0.1, -0.05) is 0 Å². The van der Waals surface area contributed by atoms with Crippen LogP contribution in [0.25, 0.3) is 0 Å². The fraction of sp³-hybridized carbons (Fsp3) is 0.143. The summed E-state index contributed by atoms with van der Waals surface area (Å²) in [5.74, 6) is 0.604. The summed E-state index contributed by atoms with van der Waals surface area (Å²) in [6.45, 7) is 2.52. The number of benzene rings is 1. The molecular formula is C14H12BrN3O. The maximum Gasteiger partial charge on any atom is 0.213 e. The number of hydrogen-bond donors (Lipinski definition) is 1. The first kappa shape index (κ1) is 13.4. The van der Waals surface area contributed by atoms with Crippen LogP contribution in [0.4, 0.5) is 11.4 Å². The monoisotopic (exact) mass is 317 g/mol. The number of halogens is 1. The van der Waals surface area contributed by atoms with Gasteiger partial charge in [0.15, 0.2) is 0 Å². The van der Waals surface area contributed by atoms with Crippen LogP contribution in [0.5, 0.6) is 5.88 Å². The van der Waals surface area contributed by atoms with E-state index >= 15 is 0 Å².